The molecule has 0 saturated heterocycles. The second-order valence-corrected chi connectivity index (χ2v) is 6.14. The first-order valence-corrected chi connectivity index (χ1v) is 7.40. The van der Waals surface area contributed by atoms with Gasteiger partial charge in [-0.1, -0.05) is 18.7 Å². The molecule has 2 rings (SSSR count). The zero-order valence-corrected chi connectivity index (χ0v) is 12.6. The molecule has 17 heavy (non-hydrogen) atoms. The minimum absolute atomic E-state index is 0.841. The standard InChI is InChI=1S/C14H14INS/c1-2-10-9-12(16)5-8-14(10)17-13-6-3-11(15)4-7-13/h3-9H,2,16H2,1H3. The topological polar surface area (TPSA) is 26.0 Å². The predicted octanol–water partition coefficient (Wildman–Crippen LogP) is 4.59. The molecule has 0 atom stereocenters. The molecule has 88 valence electrons. The third-order valence-electron chi connectivity index (χ3n) is 2.51. The molecule has 0 radical (unpaired) electrons. The van der Waals surface area contributed by atoms with Gasteiger partial charge in [0.25, 0.3) is 0 Å². The van der Waals surface area contributed by atoms with Gasteiger partial charge in [0.15, 0.2) is 0 Å². The lowest BCUT2D eigenvalue weighted by Crippen LogP contribution is -1.90. The number of hydrogen-bond acceptors (Lipinski definition) is 2. The van der Waals surface area contributed by atoms with Crippen LogP contribution in [0.3, 0.4) is 0 Å². The number of nitrogen functional groups attached to an aromatic ring is 1. The molecular weight excluding hydrogens is 341 g/mol. The Kier molecular flexibility index (Phi) is 4.34. The van der Waals surface area contributed by atoms with Crippen LogP contribution in [-0.4, -0.2) is 0 Å². The number of nitrogens with two attached hydrogens (primary N) is 1. The second kappa shape index (κ2) is 5.78. The van der Waals surface area contributed by atoms with Crippen molar-refractivity contribution in [1.82, 2.24) is 0 Å². The Balaban J connectivity index is 2.26. The van der Waals surface area contributed by atoms with E-state index in [-0.39, 0.29) is 0 Å². The van der Waals surface area contributed by atoms with E-state index < -0.39 is 0 Å². The molecule has 0 amide bonds. The summed E-state index contributed by atoms with van der Waals surface area (Å²) >= 11 is 4.12. The van der Waals surface area contributed by atoms with E-state index in [9.17, 15) is 0 Å². The fourth-order valence-electron chi connectivity index (χ4n) is 1.60. The molecule has 0 aromatic heterocycles. The number of aryl methyl sites for hydroxylation is 1. The van der Waals surface area contributed by atoms with Crippen molar-refractivity contribution in [1.29, 1.82) is 0 Å². The van der Waals surface area contributed by atoms with E-state index in [4.69, 9.17) is 5.73 Å². The monoisotopic (exact) mass is 355 g/mol. The molecule has 3 heteroatoms. The van der Waals surface area contributed by atoms with Gasteiger partial charge in [0, 0.05) is 19.0 Å². The quantitative estimate of drug-likeness (QED) is 0.644. The van der Waals surface area contributed by atoms with Gasteiger partial charge in [-0.05, 0) is 77.0 Å². The van der Waals surface area contributed by atoms with Gasteiger partial charge in [0.1, 0.15) is 0 Å². The highest BCUT2D eigenvalue weighted by Gasteiger charge is 2.03. The van der Waals surface area contributed by atoms with Crippen molar-refractivity contribution in [2.45, 2.75) is 23.1 Å². The van der Waals surface area contributed by atoms with Crippen molar-refractivity contribution in [2.75, 3.05) is 5.73 Å². The van der Waals surface area contributed by atoms with Gasteiger partial charge in [-0.2, -0.15) is 0 Å². The second-order valence-electron chi connectivity index (χ2n) is 3.78. The molecule has 2 aromatic carbocycles. The zero-order chi connectivity index (χ0) is 12.3. The van der Waals surface area contributed by atoms with Crippen molar-refractivity contribution in [3.05, 3.63) is 51.6 Å². The molecule has 0 aliphatic heterocycles. The lowest BCUT2D eigenvalue weighted by molar-refractivity contribution is 1.08. The third kappa shape index (κ3) is 3.39. The average molecular weight is 355 g/mol. The van der Waals surface area contributed by atoms with Gasteiger partial charge in [-0.15, -0.1) is 0 Å². The van der Waals surface area contributed by atoms with E-state index in [2.05, 4.69) is 65.9 Å². The van der Waals surface area contributed by atoms with Crippen molar-refractivity contribution < 1.29 is 0 Å². The maximum atomic E-state index is 5.81. The van der Waals surface area contributed by atoms with Crippen molar-refractivity contribution in [3.8, 4) is 0 Å². The number of benzene rings is 2. The van der Waals surface area contributed by atoms with Crippen LogP contribution in [0.5, 0.6) is 0 Å². The summed E-state index contributed by atoms with van der Waals surface area (Å²) in [5.74, 6) is 0. The Bertz CT molecular complexity index is 508. The molecular formula is C14H14INS. The Morgan fingerprint density at radius 3 is 2.47 bits per heavy atom. The number of rotatable bonds is 3. The summed E-state index contributed by atoms with van der Waals surface area (Å²) in [6.45, 7) is 2.16. The van der Waals surface area contributed by atoms with Crippen molar-refractivity contribution in [3.63, 3.8) is 0 Å². The predicted molar refractivity (Wildman–Crippen MR) is 83.5 cm³/mol. The summed E-state index contributed by atoms with van der Waals surface area (Å²) in [6, 6.07) is 14.7. The first-order valence-electron chi connectivity index (χ1n) is 5.51. The molecule has 0 saturated carbocycles. The molecule has 1 nitrogen and oxygen atoms in total. The minimum atomic E-state index is 0.841. The fourth-order valence-corrected chi connectivity index (χ4v) is 2.96. The number of anilines is 1. The van der Waals surface area contributed by atoms with Crippen LogP contribution >= 0.6 is 34.4 Å². The lowest BCUT2D eigenvalue weighted by Gasteiger charge is -2.08. The van der Waals surface area contributed by atoms with Gasteiger partial charge in [0.05, 0.1) is 0 Å². The molecule has 0 bridgehead atoms. The van der Waals surface area contributed by atoms with Crippen LogP contribution in [0.4, 0.5) is 5.69 Å². The fraction of sp³-hybridized carbons (Fsp3) is 0.143. The van der Waals surface area contributed by atoms with Gasteiger partial charge in [-0.25, -0.2) is 0 Å². The molecule has 2 N–H and O–H groups in total. The van der Waals surface area contributed by atoms with E-state index in [1.807, 2.05) is 6.07 Å². The number of halogens is 1. The van der Waals surface area contributed by atoms with Crippen LogP contribution in [0.25, 0.3) is 0 Å². The van der Waals surface area contributed by atoms with Gasteiger partial charge in [0.2, 0.25) is 0 Å². The summed E-state index contributed by atoms with van der Waals surface area (Å²) < 4.78 is 1.26. The lowest BCUT2D eigenvalue weighted by atomic mass is 10.1. The SMILES string of the molecule is CCc1cc(N)ccc1Sc1ccc(I)cc1. The van der Waals surface area contributed by atoms with Gasteiger partial charge in [-0.3, -0.25) is 0 Å². The molecule has 0 heterocycles. The molecule has 0 aliphatic rings. The largest absolute Gasteiger partial charge is 0.399 e. The Morgan fingerprint density at radius 1 is 1.12 bits per heavy atom. The Labute approximate surface area is 120 Å². The maximum Gasteiger partial charge on any atom is 0.0317 e. The van der Waals surface area contributed by atoms with Crippen molar-refractivity contribution >= 4 is 40.0 Å². The Hall–Kier alpha value is -0.680. The van der Waals surface area contributed by atoms with E-state index >= 15 is 0 Å². The highest BCUT2D eigenvalue weighted by molar-refractivity contribution is 14.1. The molecule has 2 aromatic rings. The summed E-state index contributed by atoms with van der Waals surface area (Å²) in [6.07, 6.45) is 1.01. The third-order valence-corrected chi connectivity index (χ3v) is 4.35. The first kappa shape index (κ1) is 12.8. The summed E-state index contributed by atoms with van der Waals surface area (Å²) in [4.78, 5) is 2.56. The first-order chi connectivity index (χ1) is 8.19. The molecule has 0 spiro atoms. The zero-order valence-electron chi connectivity index (χ0n) is 9.61. The van der Waals surface area contributed by atoms with Crippen LogP contribution in [0.2, 0.25) is 0 Å². The molecule has 0 unspecified atom stereocenters. The van der Waals surface area contributed by atoms with Crippen LogP contribution in [0, 0.1) is 3.57 Å². The van der Waals surface area contributed by atoms with E-state index in [0.717, 1.165) is 12.1 Å². The van der Waals surface area contributed by atoms with Crippen molar-refractivity contribution in [2.24, 2.45) is 0 Å². The highest BCUT2D eigenvalue weighted by atomic mass is 127. The van der Waals surface area contributed by atoms with Gasteiger partial charge >= 0.3 is 0 Å². The smallest absolute Gasteiger partial charge is 0.0317 e. The highest BCUT2D eigenvalue weighted by Crippen LogP contribution is 2.32. The maximum absolute atomic E-state index is 5.81. The van der Waals surface area contributed by atoms with Crippen LogP contribution in [-0.2, 0) is 6.42 Å². The normalized spacial score (nSPS) is 10.5. The average Bonchev–Trinajstić information content (AvgIpc) is 2.34. The summed E-state index contributed by atoms with van der Waals surface area (Å²) in [5.41, 5.74) is 7.96. The van der Waals surface area contributed by atoms with E-state index in [0.29, 0.717) is 0 Å². The molecule has 0 fully saturated rings. The van der Waals surface area contributed by atoms with E-state index in [1.54, 1.807) is 11.8 Å². The van der Waals surface area contributed by atoms with Gasteiger partial charge < -0.3 is 5.73 Å². The minimum Gasteiger partial charge on any atom is -0.399 e. The number of hydrogen-bond donors (Lipinski definition) is 1. The summed E-state index contributed by atoms with van der Waals surface area (Å²) in [7, 11) is 0. The molecule has 0 aliphatic carbocycles. The van der Waals surface area contributed by atoms with Crippen LogP contribution in [0.15, 0.2) is 52.3 Å². The van der Waals surface area contributed by atoms with Crippen LogP contribution < -0.4 is 5.73 Å². The van der Waals surface area contributed by atoms with Crippen LogP contribution in [0.1, 0.15) is 12.5 Å². The summed E-state index contributed by atoms with van der Waals surface area (Å²) in [5, 5.41) is 0. The Morgan fingerprint density at radius 2 is 1.82 bits per heavy atom. The van der Waals surface area contributed by atoms with E-state index in [1.165, 1.54) is 18.9 Å².